The Hall–Kier alpha value is -1.62. The maximum Gasteiger partial charge on any atom is 0.255 e. The van der Waals surface area contributed by atoms with Gasteiger partial charge in [-0.15, -0.1) is 0 Å². The number of carbonyl (C=O) groups is 2. The molecule has 1 spiro atoms. The van der Waals surface area contributed by atoms with Gasteiger partial charge in [-0.1, -0.05) is 11.6 Å². The van der Waals surface area contributed by atoms with Gasteiger partial charge in [0.1, 0.15) is 5.82 Å². The van der Waals surface area contributed by atoms with E-state index in [1.165, 1.54) is 12.1 Å². The summed E-state index contributed by atoms with van der Waals surface area (Å²) >= 11 is 6.01. The second-order valence-corrected chi connectivity index (χ2v) is 6.62. The van der Waals surface area contributed by atoms with Gasteiger partial charge < -0.3 is 9.80 Å². The van der Waals surface area contributed by atoms with Crippen LogP contribution in [0.1, 0.15) is 29.6 Å². The molecule has 0 bridgehead atoms. The molecule has 2 aliphatic heterocycles. The summed E-state index contributed by atoms with van der Waals surface area (Å²) in [4.78, 5) is 28.4. The fourth-order valence-corrected chi connectivity index (χ4v) is 3.72. The molecule has 0 saturated carbocycles. The van der Waals surface area contributed by atoms with Crippen molar-refractivity contribution >= 4 is 23.4 Å². The Morgan fingerprint density at radius 3 is 2.86 bits per heavy atom. The number of halogens is 2. The van der Waals surface area contributed by atoms with E-state index in [0.29, 0.717) is 19.5 Å². The zero-order valence-electron chi connectivity index (χ0n) is 12.4. The Kier molecular flexibility index (Phi) is 3.85. The number of amides is 2. The summed E-state index contributed by atoms with van der Waals surface area (Å²) in [5.74, 6) is -0.683. The summed E-state index contributed by atoms with van der Waals surface area (Å²) in [5.41, 5.74) is -0.307. The zero-order valence-corrected chi connectivity index (χ0v) is 13.2. The highest BCUT2D eigenvalue weighted by molar-refractivity contribution is 6.33. The number of hydrogen-bond donors (Lipinski definition) is 0. The molecule has 6 heteroatoms. The molecule has 3 rings (SSSR count). The third-order valence-corrected chi connectivity index (χ3v) is 5.08. The van der Waals surface area contributed by atoms with Gasteiger partial charge in [0.25, 0.3) is 5.91 Å². The van der Waals surface area contributed by atoms with Crippen molar-refractivity contribution in [2.75, 3.05) is 26.7 Å². The van der Waals surface area contributed by atoms with E-state index in [0.717, 1.165) is 25.5 Å². The Labute approximate surface area is 133 Å². The fraction of sp³-hybridized carbons (Fsp3) is 0.500. The molecule has 2 aliphatic rings. The molecule has 2 fully saturated rings. The van der Waals surface area contributed by atoms with Crippen molar-refractivity contribution < 1.29 is 14.0 Å². The minimum atomic E-state index is -0.491. The summed E-state index contributed by atoms with van der Waals surface area (Å²) in [7, 11) is 1.80. The van der Waals surface area contributed by atoms with E-state index in [4.69, 9.17) is 11.6 Å². The van der Waals surface area contributed by atoms with Crippen LogP contribution in [0.25, 0.3) is 0 Å². The van der Waals surface area contributed by atoms with Gasteiger partial charge in [-0.2, -0.15) is 0 Å². The fourth-order valence-electron chi connectivity index (χ4n) is 3.52. The third-order valence-electron chi connectivity index (χ3n) is 4.75. The van der Waals surface area contributed by atoms with Gasteiger partial charge in [-0.05, 0) is 37.5 Å². The number of nitrogens with zero attached hydrogens (tertiary/aromatic N) is 2. The average molecular weight is 325 g/mol. The second-order valence-electron chi connectivity index (χ2n) is 6.21. The maximum atomic E-state index is 13.4. The van der Waals surface area contributed by atoms with Crippen LogP contribution in [0.15, 0.2) is 18.2 Å². The van der Waals surface area contributed by atoms with E-state index < -0.39 is 11.2 Å². The van der Waals surface area contributed by atoms with Crippen LogP contribution in [0.2, 0.25) is 5.02 Å². The number of piperidine rings is 1. The molecule has 0 N–H and O–H groups in total. The first-order chi connectivity index (χ1) is 10.4. The van der Waals surface area contributed by atoms with E-state index >= 15 is 0 Å². The zero-order chi connectivity index (χ0) is 15.9. The molecule has 4 nitrogen and oxygen atoms in total. The minimum Gasteiger partial charge on any atom is -0.345 e. The Morgan fingerprint density at radius 1 is 1.32 bits per heavy atom. The van der Waals surface area contributed by atoms with E-state index in [-0.39, 0.29) is 22.4 Å². The van der Waals surface area contributed by atoms with E-state index in [2.05, 4.69) is 0 Å². The first-order valence-electron chi connectivity index (χ1n) is 7.43. The molecule has 118 valence electrons. The lowest BCUT2D eigenvalue weighted by Crippen LogP contribution is -2.48. The van der Waals surface area contributed by atoms with E-state index in [1.54, 1.807) is 16.8 Å². The van der Waals surface area contributed by atoms with Gasteiger partial charge in [0.2, 0.25) is 5.91 Å². The van der Waals surface area contributed by atoms with Crippen LogP contribution in [0, 0.1) is 11.2 Å². The van der Waals surface area contributed by atoms with Gasteiger partial charge in [-0.25, -0.2) is 4.39 Å². The molecule has 1 aromatic rings. The molecule has 0 aromatic heterocycles. The van der Waals surface area contributed by atoms with Gasteiger partial charge >= 0.3 is 0 Å². The molecule has 2 heterocycles. The summed E-state index contributed by atoms with van der Waals surface area (Å²) < 4.78 is 13.4. The van der Waals surface area contributed by atoms with Crippen LogP contribution in [0.5, 0.6) is 0 Å². The van der Waals surface area contributed by atoms with Gasteiger partial charge in [0.15, 0.2) is 0 Å². The highest BCUT2D eigenvalue weighted by Gasteiger charge is 2.48. The van der Waals surface area contributed by atoms with Crippen molar-refractivity contribution in [3.05, 3.63) is 34.6 Å². The lowest BCUT2D eigenvalue weighted by Gasteiger charge is -2.37. The number of likely N-dealkylation sites (tertiary alicyclic amines) is 2. The predicted molar refractivity (Wildman–Crippen MR) is 81.2 cm³/mol. The highest BCUT2D eigenvalue weighted by Crippen LogP contribution is 2.40. The topological polar surface area (TPSA) is 40.6 Å². The highest BCUT2D eigenvalue weighted by atomic mass is 35.5. The van der Waals surface area contributed by atoms with Crippen molar-refractivity contribution in [2.24, 2.45) is 5.41 Å². The van der Waals surface area contributed by atoms with Crippen LogP contribution in [0.4, 0.5) is 4.39 Å². The average Bonchev–Trinajstić information content (AvgIpc) is 2.92. The summed E-state index contributed by atoms with van der Waals surface area (Å²) in [6.07, 6.45) is 2.41. The largest absolute Gasteiger partial charge is 0.345 e. The number of hydrogen-bond acceptors (Lipinski definition) is 2. The Bertz CT molecular complexity index is 637. The summed E-state index contributed by atoms with van der Waals surface area (Å²) in [6, 6.07) is 3.77. The standard InChI is InChI=1S/C16H18ClFN2O2/c1-19-7-2-5-16(15(19)22)6-8-20(10-16)14(21)12-9-11(18)3-4-13(12)17/h3-4,9H,2,5-8,10H2,1H3/t16-/m0/s1. The van der Waals surface area contributed by atoms with Crippen LogP contribution in [-0.4, -0.2) is 48.3 Å². The summed E-state index contributed by atoms with van der Waals surface area (Å²) in [5, 5.41) is 0.236. The Morgan fingerprint density at radius 2 is 2.09 bits per heavy atom. The van der Waals surface area contributed by atoms with Crippen LogP contribution in [0.3, 0.4) is 0 Å². The molecule has 0 radical (unpaired) electrons. The minimum absolute atomic E-state index is 0.111. The number of carbonyl (C=O) groups excluding carboxylic acids is 2. The van der Waals surface area contributed by atoms with Crippen molar-refractivity contribution in [1.29, 1.82) is 0 Å². The molecule has 0 unspecified atom stereocenters. The Balaban J connectivity index is 1.82. The second kappa shape index (κ2) is 5.54. The van der Waals surface area contributed by atoms with Gasteiger partial charge in [0, 0.05) is 26.7 Å². The molecule has 0 aliphatic carbocycles. The lowest BCUT2D eigenvalue weighted by molar-refractivity contribution is -0.143. The SMILES string of the molecule is CN1CCC[C@@]2(CCN(C(=O)c3cc(F)ccc3Cl)C2)C1=O. The van der Waals surface area contributed by atoms with Crippen molar-refractivity contribution in [3.63, 3.8) is 0 Å². The van der Waals surface area contributed by atoms with E-state index in [1.807, 2.05) is 0 Å². The number of benzene rings is 1. The van der Waals surface area contributed by atoms with Crippen LogP contribution < -0.4 is 0 Å². The first kappa shape index (κ1) is 15.3. The lowest BCUT2D eigenvalue weighted by atomic mass is 9.78. The normalized spacial score (nSPS) is 25.1. The van der Waals surface area contributed by atoms with Gasteiger partial charge in [-0.3, -0.25) is 9.59 Å². The maximum absolute atomic E-state index is 13.4. The van der Waals surface area contributed by atoms with Gasteiger partial charge in [0.05, 0.1) is 16.0 Å². The molecule has 22 heavy (non-hydrogen) atoms. The quantitative estimate of drug-likeness (QED) is 0.796. The molecule has 1 atom stereocenters. The molecule has 2 amide bonds. The molecular formula is C16H18ClFN2O2. The van der Waals surface area contributed by atoms with E-state index in [9.17, 15) is 14.0 Å². The van der Waals surface area contributed by atoms with Crippen molar-refractivity contribution in [3.8, 4) is 0 Å². The van der Waals surface area contributed by atoms with Crippen molar-refractivity contribution in [2.45, 2.75) is 19.3 Å². The summed E-state index contributed by atoms with van der Waals surface area (Å²) in [6.45, 7) is 1.66. The molecule has 2 saturated heterocycles. The monoisotopic (exact) mass is 324 g/mol. The predicted octanol–water partition coefficient (Wildman–Crippen LogP) is 2.56. The third kappa shape index (κ3) is 2.47. The smallest absolute Gasteiger partial charge is 0.255 e. The van der Waals surface area contributed by atoms with Crippen LogP contribution in [-0.2, 0) is 4.79 Å². The van der Waals surface area contributed by atoms with Crippen molar-refractivity contribution in [1.82, 2.24) is 9.80 Å². The molecule has 1 aromatic carbocycles. The number of rotatable bonds is 1. The molecular weight excluding hydrogens is 307 g/mol. The van der Waals surface area contributed by atoms with Crippen LogP contribution >= 0.6 is 11.6 Å². The first-order valence-corrected chi connectivity index (χ1v) is 7.81.